The molecule has 1 aromatic rings. The fraction of sp³-hybridized carbons (Fsp3) is 0.565. The minimum Gasteiger partial charge on any atom is -0.508 e. The minimum atomic E-state index is -1.22. The Balaban J connectivity index is 1.79. The SMILES string of the molecule is CC#C[C@]1(O)C(Cl)=CC[C@H]2[C@@H]3CCc4cc(O)ccc4[C@H]3CC[C@@]21CC. The van der Waals surface area contributed by atoms with E-state index < -0.39 is 5.60 Å². The molecule has 1 fully saturated rings. The van der Waals surface area contributed by atoms with Crippen molar-refractivity contribution in [3.63, 3.8) is 0 Å². The average molecular weight is 371 g/mol. The number of benzene rings is 1. The second-order valence-electron chi connectivity index (χ2n) is 8.22. The third kappa shape index (κ3) is 2.30. The zero-order valence-corrected chi connectivity index (χ0v) is 16.3. The number of fused-ring (bicyclic) bond motifs is 5. The van der Waals surface area contributed by atoms with E-state index in [1.165, 1.54) is 11.1 Å². The molecule has 2 nitrogen and oxygen atoms in total. The fourth-order valence-electron chi connectivity index (χ4n) is 6.31. The molecule has 3 aliphatic rings. The second-order valence-corrected chi connectivity index (χ2v) is 8.63. The van der Waals surface area contributed by atoms with Crippen LogP contribution in [0.5, 0.6) is 5.75 Å². The summed E-state index contributed by atoms with van der Waals surface area (Å²) in [5.41, 5.74) is 1.20. The van der Waals surface area contributed by atoms with Crippen LogP contribution in [0, 0.1) is 29.1 Å². The molecule has 138 valence electrons. The van der Waals surface area contributed by atoms with Gasteiger partial charge in [-0.25, -0.2) is 0 Å². The van der Waals surface area contributed by atoms with Gasteiger partial charge in [-0.3, -0.25) is 0 Å². The Morgan fingerprint density at radius 1 is 1.31 bits per heavy atom. The number of phenolic OH excluding ortho intramolecular Hbond substituents is 1. The lowest BCUT2D eigenvalue weighted by Crippen LogP contribution is -2.59. The first-order valence-electron chi connectivity index (χ1n) is 9.81. The van der Waals surface area contributed by atoms with Crippen molar-refractivity contribution in [1.82, 2.24) is 0 Å². The summed E-state index contributed by atoms with van der Waals surface area (Å²) in [4.78, 5) is 0. The smallest absolute Gasteiger partial charge is 0.166 e. The third-order valence-electron chi connectivity index (χ3n) is 7.47. The summed E-state index contributed by atoms with van der Waals surface area (Å²) in [6.45, 7) is 3.96. The fourth-order valence-corrected chi connectivity index (χ4v) is 6.63. The summed E-state index contributed by atoms with van der Waals surface area (Å²) in [5.74, 6) is 7.83. The summed E-state index contributed by atoms with van der Waals surface area (Å²) in [7, 11) is 0. The number of aryl methyl sites for hydroxylation is 1. The zero-order valence-electron chi connectivity index (χ0n) is 15.6. The number of rotatable bonds is 1. The van der Waals surface area contributed by atoms with E-state index in [0.717, 1.165) is 38.5 Å². The van der Waals surface area contributed by atoms with E-state index >= 15 is 0 Å². The molecule has 2 N–H and O–H groups in total. The number of phenols is 1. The molecule has 0 unspecified atom stereocenters. The summed E-state index contributed by atoms with van der Waals surface area (Å²) in [6.07, 6.45) is 7.91. The summed E-state index contributed by atoms with van der Waals surface area (Å²) < 4.78 is 0. The highest BCUT2D eigenvalue weighted by Crippen LogP contribution is 2.64. The Morgan fingerprint density at radius 2 is 2.12 bits per heavy atom. The maximum Gasteiger partial charge on any atom is 0.166 e. The van der Waals surface area contributed by atoms with Gasteiger partial charge in [-0.1, -0.05) is 36.6 Å². The van der Waals surface area contributed by atoms with Gasteiger partial charge in [0, 0.05) is 5.41 Å². The second kappa shape index (κ2) is 6.32. The van der Waals surface area contributed by atoms with Gasteiger partial charge in [-0.2, -0.15) is 0 Å². The molecule has 3 heteroatoms. The Labute approximate surface area is 161 Å². The quantitative estimate of drug-likeness (QED) is 0.673. The van der Waals surface area contributed by atoms with E-state index in [0.29, 0.717) is 28.5 Å². The molecule has 26 heavy (non-hydrogen) atoms. The van der Waals surface area contributed by atoms with E-state index in [2.05, 4.69) is 24.8 Å². The lowest BCUT2D eigenvalue weighted by atomic mass is 9.46. The van der Waals surface area contributed by atoms with Crippen LogP contribution < -0.4 is 0 Å². The molecule has 4 rings (SSSR count). The van der Waals surface area contributed by atoms with Crippen LogP contribution in [0.1, 0.15) is 63.0 Å². The summed E-state index contributed by atoms with van der Waals surface area (Å²) in [6, 6.07) is 5.87. The van der Waals surface area contributed by atoms with Gasteiger partial charge in [0.15, 0.2) is 5.60 Å². The molecule has 1 saturated carbocycles. The van der Waals surface area contributed by atoms with E-state index in [1.807, 2.05) is 18.2 Å². The lowest BCUT2D eigenvalue weighted by Gasteiger charge is -2.59. The molecule has 0 aromatic heterocycles. The molecule has 0 saturated heterocycles. The van der Waals surface area contributed by atoms with Gasteiger partial charge in [-0.15, -0.1) is 5.92 Å². The number of halogens is 1. The Kier molecular flexibility index (Phi) is 4.37. The third-order valence-corrected chi connectivity index (χ3v) is 7.90. The van der Waals surface area contributed by atoms with Crippen molar-refractivity contribution in [2.45, 2.75) is 63.9 Å². The van der Waals surface area contributed by atoms with Crippen molar-refractivity contribution in [2.24, 2.45) is 17.3 Å². The van der Waals surface area contributed by atoms with E-state index in [1.54, 1.807) is 6.92 Å². The van der Waals surface area contributed by atoms with Crippen molar-refractivity contribution in [3.8, 4) is 17.6 Å². The molecule has 0 radical (unpaired) electrons. The monoisotopic (exact) mass is 370 g/mol. The van der Waals surface area contributed by atoms with Crippen LogP contribution in [-0.2, 0) is 6.42 Å². The first-order chi connectivity index (χ1) is 12.5. The van der Waals surface area contributed by atoms with Gasteiger partial charge < -0.3 is 10.2 Å². The summed E-state index contributed by atoms with van der Waals surface area (Å²) in [5, 5.41) is 22.0. The van der Waals surface area contributed by atoms with Gasteiger partial charge >= 0.3 is 0 Å². The molecular weight excluding hydrogens is 344 g/mol. The predicted molar refractivity (Wildman–Crippen MR) is 105 cm³/mol. The van der Waals surface area contributed by atoms with Crippen LogP contribution in [0.25, 0.3) is 0 Å². The van der Waals surface area contributed by atoms with Gasteiger partial charge in [-0.05, 0) is 86.5 Å². The average Bonchev–Trinajstić information content (AvgIpc) is 2.64. The van der Waals surface area contributed by atoms with E-state index in [-0.39, 0.29) is 5.41 Å². The maximum atomic E-state index is 11.6. The zero-order chi connectivity index (χ0) is 18.5. The molecule has 0 heterocycles. The van der Waals surface area contributed by atoms with Crippen LogP contribution >= 0.6 is 11.6 Å². The Bertz CT molecular complexity index is 817. The van der Waals surface area contributed by atoms with Crippen molar-refractivity contribution in [1.29, 1.82) is 0 Å². The molecule has 5 atom stereocenters. The highest BCUT2D eigenvalue weighted by Gasteiger charge is 2.61. The molecule has 0 aliphatic heterocycles. The Morgan fingerprint density at radius 3 is 2.85 bits per heavy atom. The Hall–Kier alpha value is -1.43. The minimum absolute atomic E-state index is 0.266. The number of hydrogen-bond acceptors (Lipinski definition) is 2. The van der Waals surface area contributed by atoms with Crippen molar-refractivity contribution >= 4 is 11.6 Å². The maximum absolute atomic E-state index is 11.6. The number of aliphatic hydroxyl groups is 1. The van der Waals surface area contributed by atoms with E-state index in [9.17, 15) is 10.2 Å². The molecule has 0 spiro atoms. The van der Waals surface area contributed by atoms with Gasteiger partial charge in [0.2, 0.25) is 0 Å². The molecule has 3 aliphatic carbocycles. The summed E-state index contributed by atoms with van der Waals surface area (Å²) >= 11 is 6.55. The first kappa shape index (κ1) is 18.0. The highest BCUT2D eigenvalue weighted by atomic mass is 35.5. The van der Waals surface area contributed by atoms with Crippen molar-refractivity contribution < 1.29 is 10.2 Å². The van der Waals surface area contributed by atoms with Crippen LogP contribution in [0.4, 0.5) is 0 Å². The standard InChI is InChI=1S/C23H27ClO2/c1-3-12-23(26)21(24)10-9-20-19-7-5-15-14-16(25)6-8-17(15)18(19)11-13-22(20,23)4-2/h6,8,10,14,18-20,25-26H,4-5,7,9,11,13H2,1-2H3/t18-,19-,20+,22+,23+/m1/s1. The normalized spacial score (nSPS) is 38.2. The van der Waals surface area contributed by atoms with Crippen LogP contribution in [0.3, 0.4) is 0 Å². The topological polar surface area (TPSA) is 40.5 Å². The molecular formula is C23H27ClO2. The van der Waals surface area contributed by atoms with Crippen molar-refractivity contribution in [2.75, 3.05) is 0 Å². The number of hydrogen-bond donors (Lipinski definition) is 2. The molecule has 1 aromatic carbocycles. The predicted octanol–water partition coefficient (Wildman–Crippen LogP) is 5.13. The lowest BCUT2D eigenvalue weighted by molar-refractivity contribution is -0.107. The number of aromatic hydroxyl groups is 1. The molecule has 0 bridgehead atoms. The van der Waals surface area contributed by atoms with Crippen LogP contribution in [-0.4, -0.2) is 15.8 Å². The van der Waals surface area contributed by atoms with Gasteiger partial charge in [0.1, 0.15) is 5.75 Å². The number of allylic oxidation sites excluding steroid dienone is 1. The van der Waals surface area contributed by atoms with Gasteiger partial charge in [0.25, 0.3) is 0 Å². The first-order valence-corrected chi connectivity index (χ1v) is 10.2. The van der Waals surface area contributed by atoms with E-state index in [4.69, 9.17) is 11.6 Å². The van der Waals surface area contributed by atoms with Crippen LogP contribution in [0.2, 0.25) is 0 Å². The molecule has 0 amide bonds. The van der Waals surface area contributed by atoms with Crippen molar-refractivity contribution in [3.05, 3.63) is 40.4 Å². The van der Waals surface area contributed by atoms with Gasteiger partial charge in [0.05, 0.1) is 5.03 Å². The largest absolute Gasteiger partial charge is 0.508 e. The van der Waals surface area contributed by atoms with Crippen LogP contribution in [0.15, 0.2) is 29.3 Å². The highest BCUT2D eigenvalue weighted by molar-refractivity contribution is 6.31.